The van der Waals surface area contributed by atoms with Crippen molar-refractivity contribution in [3.8, 4) is 0 Å². The average molecular weight is 220 g/mol. The third kappa shape index (κ3) is 3.17. The molecule has 0 saturated carbocycles. The summed E-state index contributed by atoms with van der Waals surface area (Å²) in [4.78, 5) is 3.42. The van der Waals surface area contributed by atoms with Crippen molar-refractivity contribution in [3.63, 3.8) is 0 Å². The lowest BCUT2D eigenvalue weighted by molar-refractivity contribution is -0.138. The lowest BCUT2D eigenvalue weighted by Crippen LogP contribution is -2.28. The second-order valence-electron chi connectivity index (χ2n) is 3.18. The van der Waals surface area contributed by atoms with E-state index in [1.54, 1.807) is 0 Å². The molecule has 1 aromatic heterocycles. The molecule has 0 aliphatic rings. The van der Waals surface area contributed by atoms with E-state index in [9.17, 15) is 13.2 Å². The number of hydrogen-bond acceptors (Lipinski definition) is 3. The molecular weight excluding hydrogens is 209 g/mol. The van der Waals surface area contributed by atoms with E-state index in [0.29, 0.717) is 0 Å². The van der Waals surface area contributed by atoms with Crippen LogP contribution in [0.5, 0.6) is 0 Å². The van der Waals surface area contributed by atoms with Gasteiger partial charge in [-0.3, -0.25) is 4.98 Å². The molecule has 1 unspecified atom stereocenters. The van der Waals surface area contributed by atoms with Crippen LogP contribution in [-0.2, 0) is 12.6 Å². The second kappa shape index (κ2) is 4.59. The first-order valence-corrected chi connectivity index (χ1v) is 4.31. The zero-order chi connectivity index (χ0) is 11.5. The lowest BCUT2D eigenvalue weighted by Gasteiger charge is -2.14. The first-order valence-electron chi connectivity index (χ1n) is 4.31. The average Bonchev–Trinajstić information content (AvgIpc) is 2.17. The Kier molecular flexibility index (Phi) is 3.65. The maximum atomic E-state index is 12.5. The van der Waals surface area contributed by atoms with Crippen LogP contribution in [0.2, 0.25) is 0 Å². The first-order chi connectivity index (χ1) is 6.95. The molecule has 0 saturated heterocycles. The van der Waals surface area contributed by atoms with Crippen LogP contribution < -0.4 is 5.73 Å². The highest BCUT2D eigenvalue weighted by Gasteiger charge is 2.33. The SMILES string of the molecule is NC(CO)Cc1ccncc1C(F)(F)F. The largest absolute Gasteiger partial charge is 0.418 e. The summed E-state index contributed by atoms with van der Waals surface area (Å²) in [6, 6.07) is 0.576. The summed E-state index contributed by atoms with van der Waals surface area (Å²) in [6.07, 6.45) is -2.42. The Bertz CT molecular complexity index is 327. The molecule has 0 aliphatic heterocycles. The number of aliphatic hydroxyl groups is 1. The molecular formula is C9H11F3N2O. The number of nitrogens with two attached hydrogens (primary N) is 1. The molecule has 0 spiro atoms. The van der Waals surface area contributed by atoms with Crippen molar-refractivity contribution in [1.29, 1.82) is 0 Å². The van der Waals surface area contributed by atoms with Gasteiger partial charge in [0.1, 0.15) is 0 Å². The molecule has 1 heterocycles. The number of nitrogens with zero attached hydrogens (tertiary/aromatic N) is 1. The Morgan fingerprint density at radius 1 is 1.47 bits per heavy atom. The van der Waals surface area contributed by atoms with Crippen LogP contribution in [0.25, 0.3) is 0 Å². The van der Waals surface area contributed by atoms with E-state index in [1.165, 1.54) is 12.3 Å². The highest BCUT2D eigenvalue weighted by atomic mass is 19.4. The van der Waals surface area contributed by atoms with Gasteiger partial charge in [-0.2, -0.15) is 13.2 Å². The molecule has 6 heteroatoms. The van der Waals surface area contributed by atoms with Crippen LogP contribution in [0.15, 0.2) is 18.5 Å². The fourth-order valence-electron chi connectivity index (χ4n) is 1.20. The number of pyridine rings is 1. The number of alkyl halides is 3. The molecule has 15 heavy (non-hydrogen) atoms. The Labute approximate surface area is 84.7 Å². The van der Waals surface area contributed by atoms with Gasteiger partial charge in [-0.05, 0) is 18.1 Å². The molecule has 1 atom stereocenters. The molecule has 3 N–H and O–H groups in total. The van der Waals surface area contributed by atoms with Crippen LogP contribution in [-0.4, -0.2) is 22.7 Å². The zero-order valence-electron chi connectivity index (χ0n) is 7.83. The molecule has 0 aliphatic carbocycles. The van der Waals surface area contributed by atoms with Crippen molar-refractivity contribution in [1.82, 2.24) is 4.98 Å². The predicted molar refractivity (Wildman–Crippen MR) is 48.0 cm³/mol. The monoisotopic (exact) mass is 220 g/mol. The van der Waals surface area contributed by atoms with Gasteiger partial charge in [-0.1, -0.05) is 0 Å². The Morgan fingerprint density at radius 2 is 2.13 bits per heavy atom. The second-order valence-corrected chi connectivity index (χ2v) is 3.18. The quantitative estimate of drug-likeness (QED) is 0.797. The Morgan fingerprint density at radius 3 is 2.67 bits per heavy atom. The van der Waals surface area contributed by atoms with Gasteiger partial charge < -0.3 is 10.8 Å². The normalized spacial score (nSPS) is 13.9. The summed E-state index contributed by atoms with van der Waals surface area (Å²) in [5.41, 5.74) is 4.64. The van der Waals surface area contributed by atoms with Crippen molar-refractivity contribution in [2.45, 2.75) is 18.6 Å². The van der Waals surface area contributed by atoms with Gasteiger partial charge in [0, 0.05) is 18.4 Å². The van der Waals surface area contributed by atoms with E-state index in [4.69, 9.17) is 10.8 Å². The number of aliphatic hydroxyl groups excluding tert-OH is 1. The van der Waals surface area contributed by atoms with Gasteiger partial charge in [0.05, 0.1) is 12.2 Å². The first kappa shape index (κ1) is 11.9. The summed E-state index contributed by atoms with van der Waals surface area (Å²) < 4.78 is 37.4. The molecule has 0 radical (unpaired) electrons. The van der Waals surface area contributed by atoms with Gasteiger partial charge in [-0.15, -0.1) is 0 Å². The topological polar surface area (TPSA) is 59.1 Å². The van der Waals surface area contributed by atoms with Gasteiger partial charge in [0.15, 0.2) is 0 Å². The number of aromatic nitrogens is 1. The standard InChI is InChI=1S/C9H11F3N2O/c10-9(11,12)8-4-14-2-1-6(8)3-7(13)5-15/h1-2,4,7,15H,3,5,13H2. The van der Waals surface area contributed by atoms with Crippen molar-refractivity contribution >= 4 is 0 Å². The maximum absolute atomic E-state index is 12.5. The lowest BCUT2D eigenvalue weighted by atomic mass is 10.0. The summed E-state index contributed by atoms with van der Waals surface area (Å²) >= 11 is 0. The summed E-state index contributed by atoms with van der Waals surface area (Å²) in [7, 11) is 0. The van der Waals surface area contributed by atoms with E-state index in [1.807, 2.05) is 0 Å². The van der Waals surface area contributed by atoms with Gasteiger partial charge in [0.25, 0.3) is 0 Å². The summed E-state index contributed by atoms with van der Waals surface area (Å²) in [5.74, 6) is 0. The van der Waals surface area contributed by atoms with Gasteiger partial charge in [0.2, 0.25) is 0 Å². The molecule has 0 aromatic carbocycles. The third-order valence-electron chi connectivity index (χ3n) is 1.93. The fourth-order valence-corrected chi connectivity index (χ4v) is 1.20. The van der Waals surface area contributed by atoms with E-state index in [2.05, 4.69) is 4.98 Å². The maximum Gasteiger partial charge on any atom is 0.418 e. The van der Waals surface area contributed by atoms with Gasteiger partial charge >= 0.3 is 6.18 Å². The van der Waals surface area contributed by atoms with Crippen LogP contribution in [0.4, 0.5) is 13.2 Å². The number of hydrogen-bond donors (Lipinski definition) is 2. The van der Waals surface area contributed by atoms with Crippen LogP contribution in [0.3, 0.4) is 0 Å². The molecule has 1 aromatic rings. The van der Waals surface area contributed by atoms with Gasteiger partial charge in [-0.25, -0.2) is 0 Å². The molecule has 0 bridgehead atoms. The smallest absolute Gasteiger partial charge is 0.395 e. The highest BCUT2D eigenvalue weighted by Crippen LogP contribution is 2.31. The van der Waals surface area contributed by atoms with E-state index in [0.717, 1.165) is 6.20 Å². The predicted octanol–water partition coefficient (Wildman–Crippen LogP) is 0.962. The minimum atomic E-state index is -4.43. The summed E-state index contributed by atoms with van der Waals surface area (Å²) in [6.45, 7) is -0.348. The summed E-state index contributed by atoms with van der Waals surface area (Å²) in [5, 5.41) is 8.67. The van der Waals surface area contributed by atoms with E-state index < -0.39 is 17.8 Å². The van der Waals surface area contributed by atoms with Crippen molar-refractivity contribution in [2.75, 3.05) is 6.61 Å². The minimum absolute atomic E-state index is 0.0200. The van der Waals surface area contributed by atoms with Crippen molar-refractivity contribution in [2.24, 2.45) is 5.73 Å². The highest BCUT2D eigenvalue weighted by molar-refractivity contribution is 5.26. The molecule has 0 amide bonds. The van der Waals surface area contributed by atoms with Crippen LogP contribution in [0, 0.1) is 0 Å². The van der Waals surface area contributed by atoms with Crippen LogP contribution >= 0.6 is 0 Å². The van der Waals surface area contributed by atoms with Crippen molar-refractivity contribution in [3.05, 3.63) is 29.6 Å². The zero-order valence-corrected chi connectivity index (χ0v) is 7.83. The molecule has 0 fully saturated rings. The van der Waals surface area contributed by atoms with Crippen LogP contribution in [0.1, 0.15) is 11.1 Å². The van der Waals surface area contributed by atoms with Crippen molar-refractivity contribution < 1.29 is 18.3 Å². The third-order valence-corrected chi connectivity index (χ3v) is 1.93. The minimum Gasteiger partial charge on any atom is -0.395 e. The van der Waals surface area contributed by atoms with E-state index in [-0.39, 0.29) is 18.6 Å². The molecule has 3 nitrogen and oxygen atoms in total. The molecule has 84 valence electrons. The fraction of sp³-hybridized carbons (Fsp3) is 0.444. The van der Waals surface area contributed by atoms with E-state index >= 15 is 0 Å². The number of rotatable bonds is 3. The molecule has 1 rings (SSSR count). The number of halogens is 3. The Balaban J connectivity index is 2.97. The Hall–Kier alpha value is -1.14.